The molecule has 1 N–H and O–H groups in total. The molecular formula is C15H20N2O. The number of nitrogens with one attached hydrogen (secondary N) is 1. The minimum Gasteiger partial charge on any atom is -0.361 e. The van der Waals surface area contributed by atoms with Gasteiger partial charge in [0.2, 0.25) is 0 Å². The van der Waals surface area contributed by atoms with Crippen LogP contribution in [0.4, 0.5) is 5.82 Å². The maximum atomic E-state index is 11.3. The molecule has 0 unspecified atom stereocenters. The van der Waals surface area contributed by atoms with Crippen LogP contribution in [-0.2, 0) is 0 Å². The third kappa shape index (κ3) is 2.40. The molecule has 2 rings (SSSR count). The summed E-state index contributed by atoms with van der Waals surface area (Å²) in [5.74, 6) is 1.59. The van der Waals surface area contributed by atoms with Crippen molar-refractivity contribution < 1.29 is 4.79 Å². The lowest BCUT2D eigenvalue weighted by atomic mass is 10.1. The highest BCUT2D eigenvalue weighted by atomic mass is 16.1. The molecule has 0 spiro atoms. The van der Waals surface area contributed by atoms with Crippen LogP contribution >= 0.6 is 0 Å². The van der Waals surface area contributed by atoms with Crippen LogP contribution in [0, 0.1) is 5.92 Å². The molecule has 0 aliphatic heterocycles. The number of H-pyrrole nitrogens is 1. The Morgan fingerprint density at radius 3 is 2.72 bits per heavy atom. The molecule has 0 saturated carbocycles. The van der Waals surface area contributed by atoms with Gasteiger partial charge in [0.05, 0.1) is 5.56 Å². The van der Waals surface area contributed by atoms with E-state index in [1.807, 2.05) is 31.3 Å². The van der Waals surface area contributed by atoms with Gasteiger partial charge in [0.15, 0.2) is 6.29 Å². The molecule has 0 saturated heterocycles. The summed E-state index contributed by atoms with van der Waals surface area (Å²) in [4.78, 5) is 16.8. The third-order valence-electron chi connectivity index (χ3n) is 3.27. The Kier molecular flexibility index (Phi) is 3.70. The maximum absolute atomic E-state index is 11.3. The number of nitrogens with zero attached hydrogens (tertiary/aromatic N) is 1. The second kappa shape index (κ2) is 5.25. The first-order valence-electron chi connectivity index (χ1n) is 6.40. The van der Waals surface area contributed by atoms with E-state index in [4.69, 9.17) is 0 Å². The van der Waals surface area contributed by atoms with Gasteiger partial charge >= 0.3 is 0 Å². The Bertz CT molecular complexity index is 542. The van der Waals surface area contributed by atoms with E-state index in [0.717, 1.165) is 41.5 Å². The number of carbonyl (C=O) groups is 1. The Morgan fingerprint density at radius 1 is 1.33 bits per heavy atom. The normalized spacial score (nSPS) is 11.1. The van der Waals surface area contributed by atoms with Crippen molar-refractivity contribution in [2.24, 2.45) is 5.92 Å². The zero-order valence-corrected chi connectivity index (χ0v) is 11.2. The van der Waals surface area contributed by atoms with Gasteiger partial charge in [0.25, 0.3) is 0 Å². The zero-order chi connectivity index (χ0) is 13.1. The second-order valence-corrected chi connectivity index (χ2v) is 5.15. The Balaban J connectivity index is 2.34. The number of anilines is 1. The standard InChI is InChI=1S/C15H20N2O/c1-11(2)8-9-17(3)15-13(10-18)12-6-4-5-7-14(12)16-15/h4-7,10-11,16H,8-9H2,1-3H3. The Hall–Kier alpha value is -1.77. The summed E-state index contributed by atoms with van der Waals surface area (Å²) in [7, 11) is 2.03. The maximum Gasteiger partial charge on any atom is 0.154 e. The quantitative estimate of drug-likeness (QED) is 0.818. The molecule has 0 bridgehead atoms. The molecule has 0 aliphatic carbocycles. The van der Waals surface area contributed by atoms with Crippen molar-refractivity contribution in [3.63, 3.8) is 0 Å². The molecule has 3 nitrogen and oxygen atoms in total. The smallest absolute Gasteiger partial charge is 0.154 e. The molecule has 0 radical (unpaired) electrons. The first-order valence-corrected chi connectivity index (χ1v) is 6.40. The van der Waals surface area contributed by atoms with E-state index in [1.54, 1.807) is 0 Å². The van der Waals surface area contributed by atoms with Crippen LogP contribution < -0.4 is 4.90 Å². The van der Waals surface area contributed by atoms with E-state index in [2.05, 4.69) is 23.7 Å². The summed E-state index contributed by atoms with van der Waals surface area (Å²) in [6.45, 7) is 5.37. The number of hydrogen-bond acceptors (Lipinski definition) is 2. The molecule has 1 aromatic carbocycles. The first-order chi connectivity index (χ1) is 8.63. The van der Waals surface area contributed by atoms with E-state index >= 15 is 0 Å². The lowest BCUT2D eigenvalue weighted by Crippen LogP contribution is -2.21. The zero-order valence-electron chi connectivity index (χ0n) is 11.2. The fourth-order valence-electron chi connectivity index (χ4n) is 2.13. The number of carbonyl (C=O) groups excluding carboxylic acids is 1. The molecule has 3 heteroatoms. The van der Waals surface area contributed by atoms with Crippen LogP contribution in [0.3, 0.4) is 0 Å². The van der Waals surface area contributed by atoms with Gasteiger partial charge in [-0.25, -0.2) is 0 Å². The predicted octanol–water partition coefficient (Wildman–Crippen LogP) is 3.46. The minimum atomic E-state index is 0.663. The van der Waals surface area contributed by atoms with E-state index in [9.17, 15) is 4.79 Å². The lowest BCUT2D eigenvalue weighted by molar-refractivity contribution is 0.112. The molecule has 96 valence electrons. The highest BCUT2D eigenvalue weighted by Crippen LogP contribution is 2.27. The fraction of sp³-hybridized carbons (Fsp3) is 0.400. The summed E-state index contributed by atoms with van der Waals surface area (Å²) in [5.41, 5.74) is 1.78. The summed E-state index contributed by atoms with van der Waals surface area (Å²) in [6.07, 6.45) is 2.06. The van der Waals surface area contributed by atoms with Crippen LogP contribution in [0.15, 0.2) is 24.3 Å². The number of fused-ring (bicyclic) bond motifs is 1. The highest BCUT2D eigenvalue weighted by molar-refractivity contribution is 6.03. The molecule has 1 heterocycles. The van der Waals surface area contributed by atoms with Gasteiger partial charge in [-0.1, -0.05) is 32.0 Å². The summed E-state index contributed by atoms with van der Waals surface area (Å²) in [5, 5.41) is 0.999. The number of para-hydroxylation sites is 1. The van der Waals surface area contributed by atoms with Crippen molar-refractivity contribution in [3.8, 4) is 0 Å². The van der Waals surface area contributed by atoms with Gasteiger partial charge < -0.3 is 9.88 Å². The number of rotatable bonds is 5. The first kappa shape index (κ1) is 12.7. The molecule has 0 amide bonds. The van der Waals surface area contributed by atoms with Crippen LogP contribution in [0.1, 0.15) is 30.6 Å². The van der Waals surface area contributed by atoms with Gasteiger partial charge in [0.1, 0.15) is 5.82 Å². The fourth-order valence-corrected chi connectivity index (χ4v) is 2.13. The van der Waals surface area contributed by atoms with Gasteiger partial charge in [-0.05, 0) is 18.4 Å². The van der Waals surface area contributed by atoms with Crippen LogP contribution in [0.5, 0.6) is 0 Å². The predicted molar refractivity (Wildman–Crippen MR) is 76.4 cm³/mol. The average Bonchev–Trinajstić information content (AvgIpc) is 2.74. The van der Waals surface area contributed by atoms with E-state index < -0.39 is 0 Å². The average molecular weight is 244 g/mol. The summed E-state index contributed by atoms with van der Waals surface area (Å²) in [6, 6.07) is 7.92. The number of aldehydes is 1. The van der Waals surface area contributed by atoms with Crippen LogP contribution in [0.25, 0.3) is 10.9 Å². The highest BCUT2D eigenvalue weighted by Gasteiger charge is 2.13. The molecule has 2 aromatic rings. The van der Waals surface area contributed by atoms with Gasteiger partial charge in [-0.2, -0.15) is 0 Å². The largest absolute Gasteiger partial charge is 0.361 e. The summed E-state index contributed by atoms with van der Waals surface area (Å²) >= 11 is 0. The second-order valence-electron chi connectivity index (χ2n) is 5.15. The molecule has 18 heavy (non-hydrogen) atoms. The van der Waals surface area contributed by atoms with Crippen molar-refractivity contribution in [1.29, 1.82) is 0 Å². The number of benzene rings is 1. The third-order valence-corrected chi connectivity index (χ3v) is 3.27. The molecule has 1 aromatic heterocycles. The molecule has 0 fully saturated rings. The molecule has 0 atom stereocenters. The summed E-state index contributed by atoms with van der Waals surface area (Å²) < 4.78 is 0. The topological polar surface area (TPSA) is 36.1 Å². The lowest BCUT2D eigenvalue weighted by Gasteiger charge is -2.19. The van der Waals surface area contributed by atoms with Crippen LogP contribution in [-0.4, -0.2) is 24.9 Å². The monoisotopic (exact) mass is 244 g/mol. The van der Waals surface area contributed by atoms with Crippen molar-refractivity contribution in [1.82, 2.24) is 4.98 Å². The van der Waals surface area contributed by atoms with E-state index in [1.165, 1.54) is 0 Å². The minimum absolute atomic E-state index is 0.663. The van der Waals surface area contributed by atoms with Crippen molar-refractivity contribution >= 4 is 23.0 Å². The van der Waals surface area contributed by atoms with E-state index in [-0.39, 0.29) is 0 Å². The number of aromatic nitrogens is 1. The van der Waals surface area contributed by atoms with Crippen LogP contribution in [0.2, 0.25) is 0 Å². The van der Waals surface area contributed by atoms with Gasteiger partial charge in [-0.15, -0.1) is 0 Å². The van der Waals surface area contributed by atoms with Crippen molar-refractivity contribution in [2.45, 2.75) is 20.3 Å². The number of aromatic amines is 1. The number of hydrogen-bond donors (Lipinski definition) is 1. The Morgan fingerprint density at radius 2 is 2.06 bits per heavy atom. The SMILES string of the molecule is CC(C)CCN(C)c1[nH]c2ccccc2c1C=O. The molecular weight excluding hydrogens is 224 g/mol. The Labute approximate surface area is 108 Å². The van der Waals surface area contributed by atoms with Crippen molar-refractivity contribution in [3.05, 3.63) is 29.8 Å². The molecule has 0 aliphatic rings. The van der Waals surface area contributed by atoms with Gasteiger partial charge in [0, 0.05) is 24.5 Å². The van der Waals surface area contributed by atoms with Gasteiger partial charge in [-0.3, -0.25) is 4.79 Å². The van der Waals surface area contributed by atoms with Crippen molar-refractivity contribution in [2.75, 3.05) is 18.5 Å². The van der Waals surface area contributed by atoms with E-state index in [0.29, 0.717) is 5.92 Å².